The first-order valence-electron chi connectivity index (χ1n) is 6.83. The third-order valence-electron chi connectivity index (χ3n) is 2.93. The molecular weight excluding hydrogens is 363 g/mol. The van der Waals surface area contributed by atoms with Crippen molar-refractivity contribution in [3.05, 3.63) is 24.5 Å². The van der Waals surface area contributed by atoms with Gasteiger partial charge in [-0.3, -0.25) is 4.98 Å². The number of hydrogen-bond donors (Lipinski definition) is 2. The Labute approximate surface area is 183 Å². The number of pyridine rings is 1. The summed E-state index contributed by atoms with van der Waals surface area (Å²) in [6.07, 6.45) is 2.68. The number of sulfonamides is 1. The monoisotopic (exact) mass is 382 g/mol. The van der Waals surface area contributed by atoms with E-state index in [0.717, 1.165) is 0 Å². The molecule has 0 fully saturated rings. The fourth-order valence-corrected chi connectivity index (χ4v) is 2.64. The Kier molecular flexibility index (Phi) is 10.9. The van der Waals surface area contributed by atoms with Gasteiger partial charge in [0.15, 0.2) is 0 Å². The summed E-state index contributed by atoms with van der Waals surface area (Å²) in [6.45, 7) is 1.48. The van der Waals surface area contributed by atoms with Crippen molar-refractivity contribution in [1.82, 2.24) is 19.9 Å². The topological polar surface area (TPSA) is 132 Å². The van der Waals surface area contributed by atoms with E-state index in [0.29, 0.717) is 0 Å². The van der Waals surface area contributed by atoms with Crippen LogP contribution in [0.2, 0.25) is 0 Å². The van der Waals surface area contributed by atoms with Crippen LogP contribution in [0.15, 0.2) is 29.4 Å². The molecule has 0 aliphatic carbocycles. The quantitative estimate of drug-likeness (QED) is 0.343. The average Bonchev–Trinajstić information content (AvgIpc) is 2.52. The van der Waals surface area contributed by atoms with Crippen molar-refractivity contribution in [2.75, 3.05) is 26.7 Å². The second-order valence-corrected chi connectivity index (χ2v) is 6.69. The first-order chi connectivity index (χ1) is 10.7. The molecule has 9 nitrogen and oxygen atoms in total. The number of carbonyl (C=O) groups excluding carboxylic acids is 2. The standard InChI is InChI=1S/C13H20N4O5S.K/c1-10(12(18)19)9-17(2)13(20)15-6-7-16-23(21,22)11-4-3-5-14-8-11;/h3-5,8,10,16H,6-7,9H2,1-2H3,(H,15,20)(H,18,19);/q;+1/p-1. The number of rotatable bonds is 8. The zero-order chi connectivity index (χ0) is 17.5. The number of aromatic nitrogens is 1. The predicted octanol–water partition coefficient (Wildman–Crippen LogP) is -4.61. The summed E-state index contributed by atoms with van der Waals surface area (Å²) in [5.74, 6) is -2.04. The number of nitrogens with zero attached hydrogens (tertiary/aromatic N) is 2. The molecule has 0 aliphatic rings. The van der Waals surface area contributed by atoms with Crippen molar-refractivity contribution < 1.29 is 74.5 Å². The van der Waals surface area contributed by atoms with Gasteiger partial charge in [0.2, 0.25) is 10.0 Å². The maximum absolute atomic E-state index is 11.9. The van der Waals surface area contributed by atoms with Gasteiger partial charge in [-0.1, -0.05) is 6.92 Å². The second kappa shape index (κ2) is 11.1. The molecule has 1 aromatic heterocycles. The Bertz CT molecular complexity index is 641. The summed E-state index contributed by atoms with van der Waals surface area (Å²) in [7, 11) is -2.23. The number of carboxylic acid groups (broad SMARTS) is 1. The molecule has 24 heavy (non-hydrogen) atoms. The van der Waals surface area contributed by atoms with Crippen molar-refractivity contribution in [3.8, 4) is 0 Å². The zero-order valence-electron chi connectivity index (χ0n) is 13.9. The van der Waals surface area contributed by atoms with Gasteiger partial charge in [-0.25, -0.2) is 17.9 Å². The minimum absolute atomic E-state index is 0. The van der Waals surface area contributed by atoms with E-state index in [1.807, 2.05) is 0 Å². The molecule has 0 radical (unpaired) electrons. The van der Waals surface area contributed by atoms with Crippen LogP contribution in [0.1, 0.15) is 6.92 Å². The van der Waals surface area contributed by atoms with Gasteiger partial charge in [-0.15, -0.1) is 0 Å². The third-order valence-corrected chi connectivity index (χ3v) is 4.38. The molecule has 0 saturated carbocycles. The summed E-state index contributed by atoms with van der Waals surface area (Å²) in [6, 6.07) is 2.41. The molecule has 1 aromatic rings. The number of carbonyl (C=O) groups is 2. The van der Waals surface area contributed by atoms with Gasteiger partial charge in [-0.05, 0) is 12.1 Å². The van der Waals surface area contributed by atoms with Gasteiger partial charge in [0.05, 0.1) is 0 Å². The smallest absolute Gasteiger partial charge is 0.550 e. The summed E-state index contributed by atoms with van der Waals surface area (Å²) >= 11 is 0. The van der Waals surface area contributed by atoms with Gasteiger partial charge < -0.3 is 20.1 Å². The van der Waals surface area contributed by atoms with E-state index in [2.05, 4.69) is 15.0 Å². The number of carboxylic acids is 1. The molecule has 128 valence electrons. The number of amides is 2. The second-order valence-electron chi connectivity index (χ2n) is 4.92. The predicted molar refractivity (Wildman–Crippen MR) is 79.6 cm³/mol. The van der Waals surface area contributed by atoms with Crippen molar-refractivity contribution in [3.63, 3.8) is 0 Å². The van der Waals surface area contributed by atoms with Crippen LogP contribution in [0.5, 0.6) is 0 Å². The fraction of sp³-hybridized carbons (Fsp3) is 0.462. The van der Waals surface area contributed by atoms with E-state index in [1.54, 1.807) is 0 Å². The normalized spacial score (nSPS) is 11.9. The van der Waals surface area contributed by atoms with Crippen LogP contribution in [0.25, 0.3) is 0 Å². The number of aliphatic carboxylic acids is 1. The number of hydrogen-bond acceptors (Lipinski definition) is 6. The first-order valence-corrected chi connectivity index (χ1v) is 8.32. The van der Waals surface area contributed by atoms with Crippen molar-refractivity contribution >= 4 is 22.0 Å². The van der Waals surface area contributed by atoms with Crippen LogP contribution >= 0.6 is 0 Å². The Balaban J connectivity index is 0.00000529. The average molecular weight is 382 g/mol. The molecule has 0 saturated heterocycles. The summed E-state index contributed by atoms with van der Waals surface area (Å²) in [5.41, 5.74) is 0. The van der Waals surface area contributed by atoms with E-state index in [1.165, 1.54) is 43.4 Å². The van der Waals surface area contributed by atoms with Crippen molar-refractivity contribution in [1.29, 1.82) is 0 Å². The van der Waals surface area contributed by atoms with Crippen LogP contribution in [0.3, 0.4) is 0 Å². The van der Waals surface area contributed by atoms with E-state index < -0.39 is 27.9 Å². The Morgan fingerprint density at radius 2 is 2.04 bits per heavy atom. The molecule has 0 aliphatic heterocycles. The van der Waals surface area contributed by atoms with E-state index in [4.69, 9.17) is 0 Å². The minimum atomic E-state index is -3.67. The largest absolute Gasteiger partial charge is 1.00 e. The SMILES string of the molecule is CC(CN(C)C(=O)NCCNS(=O)(=O)c1cccnc1)C(=O)[O-].[K+]. The summed E-state index contributed by atoms with van der Waals surface area (Å²) in [4.78, 5) is 27.3. The van der Waals surface area contributed by atoms with E-state index in [-0.39, 0.29) is 75.9 Å². The number of urea groups is 1. The van der Waals surface area contributed by atoms with Crippen molar-refractivity contribution in [2.45, 2.75) is 11.8 Å². The first kappa shape index (κ1) is 23.4. The fourth-order valence-electron chi connectivity index (χ4n) is 1.65. The molecule has 0 bridgehead atoms. The van der Waals surface area contributed by atoms with Gasteiger partial charge >= 0.3 is 57.4 Å². The van der Waals surface area contributed by atoms with Crippen LogP contribution in [0, 0.1) is 5.92 Å². The maximum Gasteiger partial charge on any atom is 1.00 e. The molecule has 1 atom stereocenters. The summed E-state index contributed by atoms with van der Waals surface area (Å²) in [5, 5.41) is 13.1. The molecule has 0 spiro atoms. The molecule has 2 N–H and O–H groups in total. The van der Waals surface area contributed by atoms with Crippen molar-refractivity contribution in [2.24, 2.45) is 5.92 Å². The van der Waals surface area contributed by atoms with Gasteiger partial charge in [0.25, 0.3) is 0 Å². The Morgan fingerprint density at radius 3 is 2.58 bits per heavy atom. The molecular formula is C13H19KN4O5S. The molecule has 0 aromatic carbocycles. The van der Waals surface area contributed by atoms with Crippen LogP contribution in [0.4, 0.5) is 4.79 Å². The zero-order valence-corrected chi connectivity index (χ0v) is 17.8. The van der Waals surface area contributed by atoms with Gasteiger partial charge in [0, 0.05) is 51.0 Å². The Morgan fingerprint density at radius 1 is 1.38 bits per heavy atom. The number of nitrogens with one attached hydrogen (secondary N) is 2. The minimum Gasteiger partial charge on any atom is -0.550 e. The van der Waals surface area contributed by atoms with Crippen LogP contribution in [-0.2, 0) is 14.8 Å². The van der Waals surface area contributed by atoms with Gasteiger partial charge in [0.1, 0.15) is 4.90 Å². The van der Waals surface area contributed by atoms with E-state index >= 15 is 0 Å². The molecule has 11 heteroatoms. The molecule has 1 rings (SSSR count). The molecule has 1 heterocycles. The van der Waals surface area contributed by atoms with Crippen LogP contribution in [-0.4, -0.2) is 57.0 Å². The molecule has 2 amide bonds. The van der Waals surface area contributed by atoms with Gasteiger partial charge in [-0.2, -0.15) is 0 Å². The maximum atomic E-state index is 11.9. The Hall–Kier alpha value is -0.564. The molecule has 1 unspecified atom stereocenters. The van der Waals surface area contributed by atoms with E-state index in [9.17, 15) is 23.1 Å². The van der Waals surface area contributed by atoms with Crippen LogP contribution < -0.4 is 66.5 Å². The summed E-state index contributed by atoms with van der Waals surface area (Å²) < 4.78 is 26.1. The third kappa shape index (κ3) is 8.01.